The average Bonchev–Trinajstić information content (AvgIpc) is 2.96. The van der Waals surface area contributed by atoms with Gasteiger partial charge in [0, 0.05) is 26.1 Å². The first-order chi connectivity index (χ1) is 14.4. The fourth-order valence-corrected chi connectivity index (χ4v) is 4.23. The number of carbonyl (C=O) groups is 2. The first-order valence-corrected chi connectivity index (χ1v) is 10.6. The van der Waals surface area contributed by atoms with Crippen molar-refractivity contribution in [3.05, 3.63) is 39.9 Å². The SMILES string of the molecule is C[C@H]1CN(C(=O)COC(=O)c2ccc3c(=O)n4c(nc3c2)CCCCC4)C[C@H](C)O1. The summed E-state index contributed by atoms with van der Waals surface area (Å²) >= 11 is 0. The standard InChI is InChI=1S/C22H27N3O5/c1-14-11-24(12-15(2)30-14)20(26)13-29-22(28)16-7-8-17-18(10-16)23-19-6-4-3-5-9-25(19)21(17)27/h7-8,10,14-15H,3-6,9,11-13H2,1-2H3/t14-,15-/m0/s1. The summed E-state index contributed by atoms with van der Waals surface area (Å²) in [6.45, 7) is 5.14. The fraction of sp³-hybridized carbons (Fsp3) is 0.545. The van der Waals surface area contributed by atoms with Gasteiger partial charge in [0.15, 0.2) is 6.61 Å². The molecule has 1 amide bonds. The van der Waals surface area contributed by atoms with Crippen LogP contribution in [-0.2, 0) is 27.2 Å². The Balaban J connectivity index is 1.48. The summed E-state index contributed by atoms with van der Waals surface area (Å²) < 4.78 is 12.6. The average molecular weight is 413 g/mol. The highest BCUT2D eigenvalue weighted by molar-refractivity contribution is 5.95. The molecule has 160 valence electrons. The number of benzene rings is 1. The van der Waals surface area contributed by atoms with E-state index in [0.717, 1.165) is 31.5 Å². The molecule has 1 aromatic carbocycles. The van der Waals surface area contributed by atoms with Crippen molar-refractivity contribution in [3.63, 3.8) is 0 Å². The number of hydrogen-bond acceptors (Lipinski definition) is 6. The van der Waals surface area contributed by atoms with E-state index in [1.165, 1.54) is 0 Å². The van der Waals surface area contributed by atoms with Crippen molar-refractivity contribution in [2.45, 2.75) is 58.3 Å². The van der Waals surface area contributed by atoms with Crippen LogP contribution in [0.15, 0.2) is 23.0 Å². The number of hydrogen-bond donors (Lipinski definition) is 0. The number of esters is 1. The van der Waals surface area contributed by atoms with E-state index in [2.05, 4.69) is 4.98 Å². The maximum absolute atomic E-state index is 12.8. The third kappa shape index (κ3) is 4.23. The van der Waals surface area contributed by atoms with Gasteiger partial charge in [-0.1, -0.05) is 6.42 Å². The number of carbonyl (C=O) groups excluding carboxylic acids is 2. The maximum atomic E-state index is 12.8. The molecule has 3 heterocycles. The van der Waals surface area contributed by atoms with Crippen molar-refractivity contribution >= 4 is 22.8 Å². The van der Waals surface area contributed by atoms with Gasteiger partial charge < -0.3 is 14.4 Å². The third-order valence-corrected chi connectivity index (χ3v) is 5.65. The molecule has 0 spiro atoms. The van der Waals surface area contributed by atoms with Crippen LogP contribution in [0.2, 0.25) is 0 Å². The summed E-state index contributed by atoms with van der Waals surface area (Å²) in [6.07, 6.45) is 3.71. The minimum atomic E-state index is -0.601. The Morgan fingerprint density at radius 1 is 1.17 bits per heavy atom. The van der Waals surface area contributed by atoms with Crippen molar-refractivity contribution in [1.29, 1.82) is 0 Å². The van der Waals surface area contributed by atoms with E-state index in [9.17, 15) is 14.4 Å². The smallest absolute Gasteiger partial charge is 0.338 e. The molecule has 0 bridgehead atoms. The normalized spacial score (nSPS) is 21.7. The predicted molar refractivity (Wildman–Crippen MR) is 110 cm³/mol. The zero-order valence-corrected chi connectivity index (χ0v) is 17.4. The lowest BCUT2D eigenvalue weighted by atomic mass is 10.1. The molecule has 1 aromatic heterocycles. The summed E-state index contributed by atoms with van der Waals surface area (Å²) in [5, 5.41) is 0.490. The molecule has 30 heavy (non-hydrogen) atoms. The van der Waals surface area contributed by atoms with Crippen LogP contribution in [-0.4, -0.2) is 58.2 Å². The summed E-state index contributed by atoms with van der Waals surface area (Å²) in [5.41, 5.74) is 0.705. The zero-order valence-electron chi connectivity index (χ0n) is 17.4. The highest BCUT2D eigenvalue weighted by atomic mass is 16.5. The second kappa shape index (κ2) is 8.55. The van der Waals surface area contributed by atoms with Crippen molar-refractivity contribution in [2.24, 2.45) is 0 Å². The Bertz CT molecular complexity index is 1020. The minimum Gasteiger partial charge on any atom is -0.452 e. The first-order valence-electron chi connectivity index (χ1n) is 10.6. The number of nitrogens with zero attached hydrogens (tertiary/aromatic N) is 3. The topological polar surface area (TPSA) is 90.7 Å². The molecule has 2 aromatic rings. The Kier molecular flexibility index (Phi) is 5.85. The quantitative estimate of drug-likeness (QED) is 0.714. The van der Waals surface area contributed by atoms with Crippen LogP contribution in [0.5, 0.6) is 0 Å². The van der Waals surface area contributed by atoms with E-state index in [1.54, 1.807) is 27.7 Å². The maximum Gasteiger partial charge on any atom is 0.338 e. The number of aromatic nitrogens is 2. The third-order valence-electron chi connectivity index (χ3n) is 5.65. The monoisotopic (exact) mass is 413 g/mol. The molecule has 2 aliphatic heterocycles. The minimum absolute atomic E-state index is 0.0470. The van der Waals surface area contributed by atoms with Crippen molar-refractivity contribution < 1.29 is 19.1 Å². The molecule has 4 rings (SSSR count). The molecule has 2 aliphatic rings. The summed E-state index contributed by atoms with van der Waals surface area (Å²) in [4.78, 5) is 44.0. The number of morpholine rings is 1. The van der Waals surface area contributed by atoms with Crippen LogP contribution in [0.25, 0.3) is 10.9 Å². The van der Waals surface area contributed by atoms with Gasteiger partial charge in [0.05, 0.1) is 28.7 Å². The number of ether oxygens (including phenoxy) is 2. The largest absolute Gasteiger partial charge is 0.452 e. The zero-order chi connectivity index (χ0) is 21.3. The van der Waals surface area contributed by atoms with Gasteiger partial charge >= 0.3 is 5.97 Å². The van der Waals surface area contributed by atoms with E-state index >= 15 is 0 Å². The predicted octanol–water partition coefficient (Wildman–Crippen LogP) is 1.92. The van der Waals surface area contributed by atoms with Gasteiger partial charge in [0.2, 0.25) is 0 Å². The van der Waals surface area contributed by atoms with Crippen molar-refractivity contribution in [3.8, 4) is 0 Å². The van der Waals surface area contributed by atoms with Gasteiger partial charge in [0.1, 0.15) is 5.82 Å². The molecule has 0 saturated carbocycles. The second-order valence-corrected chi connectivity index (χ2v) is 8.16. The Hall–Kier alpha value is -2.74. The van der Waals surface area contributed by atoms with E-state index in [1.807, 2.05) is 13.8 Å². The van der Waals surface area contributed by atoms with Crippen molar-refractivity contribution in [1.82, 2.24) is 14.5 Å². The van der Waals surface area contributed by atoms with Gasteiger partial charge in [-0.3, -0.25) is 14.2 Å². The molecule has 8 nitrogen and oxygen atoms in total. The van der Waals surface area contributed by atoms with Crippen LogP contribution in [0, 0.1) is 0 Å². The molecule has 0 radical (unpaired) electrons. The molecule has 2 atom stereocenters. The van der Waals surface area contributed by atoms with Crippen LogP contribution in [0.3, 0.4) is 0 Å². The lowest BCUT2D eigenvalue weighted by Crippen LogP contribution is -2.49. The molecule has 1 fully saturated rings. The van der Waals surface area contributed by atoms with E-state index in [-0.39, 0.29) is 35.8 Å². The number of rotatable bonds is 3. The Labute approximate surface area is 174 Å². The molecule has 8 heteroatoms. The summed E-state index contributed by atoms with van der Waals surface area (Å²) in [7, 11) is 0. The second-order valence-electron chi connectivity index (χ2n) is 8.16. The van der Waals surface area contributed by atoms with Crippen LogP contribution >= 0.6 is 0 Å². The summed E-state index contributed by atoms with van der Waals surface area (Å²) in [6, 6.07) is 4.75. The molecule has 0 N–H and O–H groups in total. The lowest BCUT2D eigenvalue weighted by molar-refractivity contribution is -0.146. The number of fused-ring (bicyclic) bond motifs is 2. The first kappa shape index (κ1) is 20.5. The number of amides is 1. The van der Waals surface area contributed by atoms with Crippen LogP contribution in [0.4, 0.5) is 0 Å². The Morgan fingerprint density at radius 3 is 2.70 bits per heavy atom. The van der Waals surface area contributed by atoms with Gasteiger partial charge in [-0.15, -0.1) is 0 Å². The van der Waals surface area contributed by atoms with Gasteiger partial charge in [0.25, 0.3) is 11.5 Å². The van der Waals surface area contributed by atoms with Crippen molar-refractivity contribution in [2.75, 3.05) is 19.7 Å². The van der Waals surface area contributed by atoms with E-state index in [0.29, 0.717) is 30.5 Å². The molecule has 0 unspecified atom stereocenters. The van der Waals surface area contributed by atoms with Crippen LogP contribution < -0.4 is 5.56 Å². The fourth-order valence-electron chi connectivity index (χ4n) is 4.23. The van der Waals surface area contributed by atoms with Gasteiger partial charge in [-0.25, -0.2) is 9.78 Å². The molecule has 0 aliphatic carbocycles. The lowest BCUT2D eigenvalue weighted by Gasteiger charge is -2.35. The highest BCUT2D eigenvalue weighted by Crippen LogP contribution is 2.17. The molecule has 1 saturated heterocycles. The van der Waals surface area contributed by atoms with Crippen LogP contribution in [0.1, 0.15) is 49.3 Å². The van der Waals surface area contributed by atoms with E-state index in [4.69, 9.17) is 9.47 Å². The van der Waals surface area contributed by atoms with Gasteiger partial charge in [-0.2, -0.15) is 0 Å². The molecular weight excluding hydrogens is 386 g/mol. The van der Waals surface area contributed by atoms with E-state index < -0.39 is 5.97 Å². The number of aryl methyl sites for hydroxylation is 1. The molecular formula is C22H27N3O5. The van der Waals surface area contributed by atoms with Gasteiger partial charge in [-0.05, 0) is 44.9 Å². The highest BCUT2D eigenvalue weighted by Gasteiger charge is 2.26. The summed E-state index contributed by atoms with van der Waals surface area (Å²) in [5.74, 6) is -0.0782. The Morgan fingerprint density at radius 2 is 1.93 bits per heavy atom.